The fraction of sp³-hybridized carbons (Fsp3) is 0.136. The van der Waals surface area contributed by atoms with E-state index >= 15 is 0 Å². The maximum atomic E-state index is 12.6. The fourth-order valence-corrected chi connectivity index (χ4v) is 2.66. The van der Waals surface area contributed by atoms with E-state index in [-0.39, 0.29) is 11.8 Å². The van der Waals surface area contributed by atoms with Gasteiger partial charge in [0.2, 0.25) is 5.88 Å². The standard InChI is InChI=1S/C22H19N3O3/c1-14-6-7-16(12-20(14)27-3)21(26)25-19-9-8-18(11-15(19)2)28-22-17(13-23)5-4-10-24-22/h4-12H,1-3H3,(H,25,26). The molecule has 3 rings (SSSR count). The van der Waals surface area contributed by atoms with Gasteiger partial charge in [-0.15, -0.1) is 0 Å². The van der Waals surface area contributed by atoms with Crippen LogP contribution in [0.5, 0.6) is 17.4 Å². The Labute approximate surface area is 163 Å². The molecule has 0 unspecified atom stereocenters. The summed E-state index contributed by atoms with van der Waals surface area (Å²) in [5, 5.41) is 12.0. The fourth-order valence-electron chi connectivity index (χ4n) is 2.66. The lowest BCUT2D eigenvalue weighted by atomic mass is 10.1. The van der Waals surface area contributed by atoms with Crippen molar-refractivity contribution in [2.75, 3.05) is 12.4 Å². The average Bonchev–Trinajstić information content (AvgIpc) is 2.70. The molecule has 6 nitrogen and oxygen atoms in total. The minimum absolute atomic E-state index is 0.230. The number of hydrogen-bond acceptors (Lipinski definition) is 5. The molecule has 1 N–H and O–H groups in total. The lowest BCUT2D eigenvalue weighted by Gasteiger charge is -2.12. The molecule has 0 spiro atoms. The third kappa shape index (κ3) is 4.10. The number of nitrogens with one attached hydrogen (secondary N) is 1. The monoisotopic (exact) mass is 373 g/mol. The van der Waals surface area contributed by atoms with Crippen molar-refractivity contribution in [1.82, 2.24) is 4.98 Å². The van der Waals surface area contributed by atoms with Crippen molar-refractivity contribution in [3.05, 3.63) is 77.0 Å². The minimum Gasteiger partial charge on any atom is -0.496 e. The smallest absolute Gasteiger partial charge is 0.255 e. The van der Waals surface area contributed by atoms with Crippen LogP contribution in [0.25, 0.3) is 0 Å². The Kier molecular flexibility index (Phi) is 5.56. The van der Waals surface area contributed by atoms with E-state index in [0.717, 1.165) is 11.1 Å². The number of aryl methyl sites for hydroxylation is 2. The van der Waals surface area contributed by atoms with Crippen LogP contribution in [0.15, 0.2) is 54.7 Å². The molecule has 0 aliphatic heterocycles. The van der Waals surface area contributed by atoms with Gasteiger partial charge in [-0.25, -0.2) is 4.98 Å². The van der Waals surface area contributed by atoms with Gasteiger partial charge in [-0.2, -0.15) is 5.26 Å². The summed E-state index contributed by atoms with van der Waals surface area (Å²) in [7, 11) is 1.58. The number of hydrogen-bond donors (Lipinski definition) is 1. The molecule has 28 heavy (non-hydrogen) atoms. The van der Waals surface area contributed by atoms with Gasteiger partial charge in [0.25, 0.3) is 5.91 Å². The zero-order valence-electron chi connectivity index (χ0n) is 15.8. The predicted octanol–water partition coefficient (Wildman–Crippen LogP) is 4.62. The largest absolute Gasteiger partial charge is 0.496 e. The van der Waals surface area contributed by atoms with E-state index in [1.807, 2.05) is 26.0 Å². The summed E-state index contributed by atoms with van der Waals surface area (Å²) in [4.78, 5) is 16.6. The molecule has 6 heteroatoms. The van der Waals surface area contributed by atoms with Gasteiger partial charge >= 0.3 is 0 Å². The number of anilines is 1. The van der Waals surface area contributed by atoms with Gasteiger partial charge in [0.05, 0.1) is 7.11 Å². The first-order chi connectivity index (χ1) is 13.5. The first-order valence-corrected chi connectivity index (χ1v) is 8.61. The summed E-state index contributed by atoms with van der Waals surface area (Å²) in [6.45, 7) is 3.78. The van der Waals surface area contributed by atoms with Crippen molar-refractivity contribution in [3.63, 3.8) is 0 Å². The van der Waals surface area contributed by atoms with Crippen LogP contribution in [-0.4, -0.2) is 18.0 Å². The molecule has 0 radical (unpaired) electrons. The Bertz CT molecular complexity index is 1070. The topological polar surface area (TPSA) is 84.2 Å². The molecule has 0 bridgehead atoms. The van der Waals surface area contributed by atoms with Gasteiger partial charge in [-0.1, -0.05) is 6.07 Å². The second-order valence-electron chi connectivity index (χ2n) is 6.19. The van der Waals surface area contributed by atoms with Crippen LogP contribution in [-0.2, 0) is 0 Å². The molecule has 0 saturated heterocycles. The summed E-state index contributed by atoms with van der Waals surface area (Å²) >= 11 is 0. The number of carbonyl (C=O) groups is 1. The van der Waals surface area contributed by atoms with Gasteiger partial charge < -0.3 is 14.8 Å². The number of ether oxygens (including phenoxy) is 2. The maximum absolute atomic E-state index is 12.6. The van der Waals surface area contributed by atoms with E-state index in [4.69, 9.17) is 14.7 Å². The minimum atomic E-state index is -0.230. The Morgan fingerprint density at radius 2 is 1.93 bits per heavy atom. The highest BCUT2D eigenvalue weighted by Gasteiger charge is 2.12. The highest BCUT2D eigenvalue weighted by atomic mass is 16.5. The summed E-state index contributed by atoms with van der Waals surface area (Å²) in [6, 6.07) is 15.9. The van der Waals surface area contributed by atoms with Crippen LogP contribution >= 0.6 is 0 Å². The molecule has 140 valence electrons. The molecular weight excluding hydrogens is 354 g/mol. The van der Waals surface area contributed by atoms with Gasteiger partial charge in [0, 0.05) is 17.4 Å². The molecular formula is C22H19N3O3. The predicted molar refractivity (Wildman–Crippen MR) is 106 cm³/mol. The lowest BCUT2D eigenvalue weighted by Crippen LogP contribution is -2.13. The van der Waals surface area contributed by atoms with Gasteiger partial charge in [0.15, 0.2) is 0 Å². The van der Waals surface area contributed by atoms with E-state index in [1.54, 1.807) is 55.8 Å². The third-order valence-electron chi connectivity index (χ3n) is 4.22. The maximum Gasteiger partial charge on any atom is 0.255 e. The van der Waals surface area contributed by atoms with Crippen LogP contribution in [0.3, 0.4) is 0 Å². The van der Waals surface area contributed by atoms with Crippen molar-refractivity contribution in [2.45, 2.75) is 13.8 Å². The quantitative estimate of drug-likeness (QED) is 0.705. The van der Waals surface area contributed by atoms with Gasteiger partial charge in [-0.3, -0.25) is 4.79 Å². The molecule has 0 aliphatic rings. The Morgan fingerprint density at radius 3 is 2.64 bits per heavy atom. The zero-order valence-corrected chi connectivity index (χ0v) is 15.8. The molecule has 3 aromatic rings. The lowest BCUT2D eigenvalue weighted by molar-refractivity contribution is 0.102. The molecule has 0 saturated carbocycles. The summed E-state index contributed by atoms with van der Waals surface area (Å²) in [6.07, 6.45) is 1.56. The number of amides is 1. The van der Waals surface area contributed by atoms with E-state index in [2.05, 4.69) is 10.3 Å². The average molecular weight is 373 g/mol. The normalized spacial score (nSPS) is 10.1. The van der Waals surface area contributed by atoms with Crippen LogP contribution < -0.4 is 14.8 Å². The number of nitrogens with zero attached hydrogens (tertiary/aromatic N) is 2. The zero-order chi connectivity index (χ0) is 20.1. The van der Waals surface area contributed by atoms with Crippen LogP contribution in [0.1, 0.15) is 27.0 Å². The van der Waals surface area contributed by atoms with E-state index in [0.29, 0.717) is 28.3 Å². The van der Waals surface area contributed by atoms with Crippen molar-refractivity contribution >= 4 is 11.6 Å². The van der Waals surface area contributed by atoms with Gasteiger partial charge in [0.1, 0.15) is 23.1 Å². The van der Waals surface area contributed by atoms with Crippen molar-refractivity contribution in [3.8, 4) is 23.4 Å². The molecule has 1 aromatic heterocycles. The van der Waals surface area contributed by atoms with Gasteiger partial charge in [-0.05, 0) is 67.4 Å². The summed E-state index contributed by atoms with van der Waals surface area (Å²) in [5.74, 6) is 1.21. The number of rotatable bonds is 5. The molecule has 1 heterocycles. The van der Waals surface area contributed by atoms with Crippen molar-refractivity contribution < 1.29 is 14.3 Å². The number of nitriles is 1. The van der Waals surface area contributed by atoms with E-state index < -0.39 is 0 Å². The van der Waals surface area contributed by atoms with Crippen LogP contribution in [0.4, 0.5) is 5.69 Å². The Morgan fingerprint density at radius 1 is 1.11 bits per heavy atom. The number of methoxy groups -OCH3 is 1. The molecule has 0 atom stereocenters. The van der Waals surface area contributed by atoms with E-state index in [1.165, 1.54) is 0 Å². The SMILES string of the molecule is COc1cc(C(=O)Nc2ccc(Oc3ncccc3C#N)cc2C)ccc1C. The summed E-state index contributed by atoms with van der Waals surface area (Å²) < 4.78 is 11.0. The summed E-state index contributed by atoms with van der Waals surface area (Å²) in [5.41, 5.74) is 3.31. The molecule has 2 aromatic carbocycles. The number of aromatic nitrogens is 1. The molecule has 0 fully saturated rings. The molecule has 1 amide bonds. The van der Waals surface area contributed by atoms with Crippen LogP contribution in [0.2, 0.25) is 0 Å². The third-order valence-corrected chi connectivity index (χ3v) is 4.22. The first kappa shape index (κ1) is 18.9. The highest BCUT2D eigenvalue weighted by molar-refractivity contribution is 6.05. The van der Waals surface area contributed by atoms with Crippen molar-refractivity contribution in [2.24, 2.45) is 0 Å². The number of carbonyl (C=O) groups excluding carboxylic acids is 1. The van der Waals surface area contributed by atoms with Crippen LogP contribution in [0, 0.1) is 25.2 Å². The highest BCUT2D eigenvalue weighted by Crippen LogP contribution is 2.27. The van der Waals surface area contributed by atoms with Crippen molar-refractivity contribution in [1.29, 1.82) is 5.26 Å². The second kappa shape index (κ2) is 8.23. The number of pyridine rings is 1. The Balaban J connectivity index is 1.77. The van der Waals surface area contributed by atoms with E-state index in [9.17, 15) is 4.79 Å². The first-order valence-electron chi connectivity index (χ1n) is 8.61. The second-order valence-corrected chi connectivity index (χ2v) is 6.19. The number of benzene rings is 2. The molecule has 0 aliphatic carbocycles. The Hall–Kier alpha value is -3.85.